The van der Waals surface area contributed by atoms with Crippen LogP contribution < -0.4 is 10.1 Å². The Kier molecular flexibility index (Phi) is 5.99. The number of aliphatic hydroxyl groups excluding tert-OH is 1. The highest BCUT2D eigenvalue weighted by Gasteiger charge is 2.13. The van der Waals surface area contributed by atoms with Gasteiger partial charge >= 0.3 is 0 Å². The molecular weight excluding hydrogens is 274 g/mol. The van der Waals surface area contributed by atoms with Gasteiger partial charge in [0, 0.05) is 6.54 Å². The van der Waals surface area contributed by atoms with Gasteiger partial charge in [-0.05, 0) is 43.0 Å². The van der Waals surface area contributed by atoms with E-state index < -0.39 is 6.10 Å². The number of ether oxygens (including phenoxy) is 1. The molecule has 0 saturated heterocycles. The molecule has 0 aromatic heterocycles. The fourth-order valence-electron chi connectivity index (χ4n) is 2.31. The zero-order valence-electron chi connectivity index (χ0n) is 13.5. The van der Waals surface area contributed by atoms with Crippen LogP contribution in [0.25, 0.3) is 0 Å². The summed E-state index contributed by atoms with van der Waals surface area (Å²) in [7, 11) is 0. The first-order chi connectivity index (χ1) is 10.6. The van der Waals surface area contributed by atoms with E-state index in [1.165, 1.54) is 5.56 Å². The maximum absolute atomic E-state index is 10.2. The Morgan fingerprint density at radius 2 is 1.77 bits per heavy atom. The van der Waals surface area contributed by atoms with Gasteiger partial charge in [-0.3, -0.25) is 5.32 Å². The molecule has 0 bridgehead atoms. The summed E-state index contributed by atoms with van der Waals surface area (Å²) < 4.78 is 6.04. The summed E-state index contributed by atoms with van der Waals surface area (Å²) in [6, 6.07) is 15.7. The Labute approximate surface area is 133 Å². The van der Waals surface area contributed by atoms with Crippen LogP contribution >= 0.6 is 0 Å². The van der Waals surface area contributed by atoms with E-state index in [-0.39, 0.29) is 6.23 Å². The minimum Gasteiger partial charge on any atom is -0.475 e. The Balaban J connectivity index is 1.94. The van der Waals surface area contributed by atoms with Gasteiger partial charge in [-0.25, -0.2) is 0 Å². The van der Waals surface area contributed by atoms with Crippen molar-refractivity contribution in [3.05, 3.63) is 65.2 Å². The molecule has 2 atom stereocenters. The predicted octanol–water partition coefficient (Wildman–Crippen LogP) is 3.74. The lowest BCUT2D eigenvalue weighted by Gasteiger charge is -2.22. The van der Waals surface area contributed by atoms with Crippen molar-refractivity contribution in [1.82, 2.24) is 5.32 Å². The van der Waals surface area contributed by atoms with Crippen LogP contribution in [0.4, 0.5) is 0 Å². The maximum atomic E-state index is 10.2. The first-order valence-electron chi connectivity index (χ1n) is 7.81. The zero-order valence-corrected chi connectivity index (χ0v) is 13.5. The quantitative estimate of drug-likeness (QED) is 0.765. The molecule has 0 aliphatic rings. The highest BCUT2D eigenvalue weighted by molar-refractivity contribution is 5.38. The molecule has 0 aliphatic carbocycles. The van der Waals surface area contributed by atoms with E-state index in [0.717, 1.165) is 23.3 Å². The molecule has 0 fully saturated rings. The van der Waals surface area contributed by atoms with Crippen molar-refractivity contribution in [2.75, 3.05) is 6.54 Å². The van der Waals surface area contributed by atoms with Crippen molar-refractivity contribution in [3.63, 3.8) is 0 Å². The summed E-state index contributed by atoms with van der Waals surface area (Å²) in [5, 5.41) is 13.5. The lowest BCUT2D eigenvalue weighted by Crippen LogP contribution is -2.36. The summed E-state index contributed by atoms with van der Waals surface area (Å²) in [6.45, 7) is 6.68. The summed E-state index contributed by atoms with van der Waals surface area (Å²) in [5.74, 6) is 0.897. The SMILES string of the molecule is CCC(NCC(O)c1ccccc1)Oc1cccc(C)c1C. The van der Waals surface area contributed by atoms with Crippen molar-refractivity contribution in [2.24, 2.45) is 0 Å². The van der Waals surface area contributed by atoms with E-state index in [0.29, 0.717) is 6.54 Å². The Bertz CT molecular complexity index is 583. The first kappa shape index (κ1) is 16.5. The molecule has 0 aliphatic heterocycles. The van der Waals surface area contributed by atoms with Gasteiger partial charge < -0.3 is 9.84 Å². The van der Waals surface area contributed by atoms with E-state index in [1.54, 1.807) is 0 Å². The van der Waals surface area contributed by atoms with Crippen molar-refractivity contribution < 1.29 is 9.84 Å². The third kappa shape index (κ3) is 4.33. The van der Waals surface area contributed by atoms with E-state index in [4.69, 9.17) is 4.74 Å². The zero-order chi connectivity index (χ0) is 15.9. The number of hydrogen-bond acceptors (Lipinski definition) is 3. The molecule has 22 heavy (non-hydrogen) atoms. The molecule has 3 heteroatoms. The van der Waals surface area contributed by atoms with Gasteiger partial charge in [0.1, 0.15) is 12.0 Å². The molecule has 0 spiro atoms. The molecule has 2 aromatic rings. The minimum atomic E-state index is -0.530. The van der Waals surface area contributed by atoms with Gasteiger partial charge in [0.25, 0.3) is 0 Å². The van der Waals surface area contributed by atoms with Crippen LogP contribution in [0.2, 0.25) is 0 Å². The van der Waals surface area contributed by atoms with E-state index in [9.17, 15) is 5.11 Å². The third-order valence-corrected chi connectivity index (χ3v) is 3.92. The van der Waals surface area contributed by atoms with Gasteiger partial charge in [-0.15, -0.1) is 0 Å². The van der Waals surface area contributed by atoms with Crippen molar-refractivity contribution in [1.29, 1.82) is 0 Å². The molecule has 118 valence electrons. The number of hydrogen-bond donors (Lipinski definition) is 2. The van der Waals surface area contributed by atoms with Crippen LogP contribution in [0.3, 0.4) is 0 Å². The molecule has 2 rings (SSSR count). The largest absolute Gasteiger partial charge is 0.475 e. The van der Waals surface area contributed by atoms with Crippen LogP contribution in [0.1, 0.15) is 36.1 Å². The second-order valence-corrected chi connectivity index (χ2v) is 5.55. The van der Waals surface area contributed by atoms with E-state index >= 15 is 0 Å². The molecule has 2 N–H and O–H groups in total. The monoisotopic (exact) mass is 299 g/mol. The summed E-state index contributed by atoms with van der Waals surface area (Å²) in [4.78, 5) is 0. The maximum Gasteiger partial charge on any atom is 0.150 e. The summed E-state index contributed by atoms with van der Waals surface area (Å²) in [5.41, 5.74) is 3.29. The van der Waals surface area contributed by atoms with Crippen molar-refractivity contribution in [2.45, 2.75) is 39.5 Å². The molecule has 0 heterocycles. The van der Waals surface area contributed by atoms with Gasteiger partial charge in [0.15, 0.2) is 0 Å². The van der Waals surface area contributed by atoms with Gasteiger partial charge in [0.05, 0.1) is 6.10 Å². The number of nitrogens with one attached hydrogen (secondary N) is 1. The smallest absolute Gasteiger partial charge is 0.150 e. The van der Waals surface area contributed by atoms with E-state index in [2.05, 4.69) is 32.2 Å². The second kappa shape index (κ2) is 7.97. The van der Waals surface area contributed by atoms with E-state index in [1.807, 2.05) is 42.5 Å². The first-order valence-corrected chi connectivity index (χ1v) is 7.81. The molecule has 2 unspecified atom stereocenters. The lowest BCUT2D eigenvalue weighted by molar-refractivity contribution is 0.115. The van der Waals surface area contributed by atoms with Gasteiger partial charge in [-0.1, -0.05) is 49.4 Å². The summed E-state index contributed by atoms with van der Waals surface area (Å²) >= 11 is 0. The highest BCUT2D eigenvalue weighted by Crippen LogP contribution is 2.22. The van der Waals surface area contributed by atoms with Gasteiger partial charge in [0.2, 0.25) is 0 Å². The standard InChI is InChI=1S/C19H25NO2/c1-4-19(22-18-12-8-9-14(2)15(18)3)20-13-17(21)16-10-6-5-7-11-16/h5-12,17,19-21H,4,13H2,1-3H3. The van der Waals surface area contributed by atoms with Crippen LogP contribution in [0, 0.1) is 13.8 Å². The summed E-state index contributed by atoms with van der Waals surface area (Å²) in [6.07, 6.45) is 0.186. The van der Waals surface area contributed by atoms with Crippen LogP contribution in [-0.2, 0) is 0 Å². The van der Waals surface area contributed by atoms with Crippen LogP contribution in [0.15, 0.2) is 48.5 Å². The lowest BCUT2D eigenvalue weighted by atomic mass is 10.1. The van der Waals surface area contributed by atoms with Crippen molar-refractivity contribution >= 4 is 0 Å². The average Bonchev–Trinajstić information content (AvgIpc) is 2.55. The molecule has 0 radical (unpaired) electrons. The molecule has 2 aromatic carbocycles. The predicted molar refractivity (Wildman–Crippen MR) is 90.0 cm³/mol. The number of rotatable bonds is 7. The molecular formula is C19H25NO2. The van der Waals surface area contributed by atoms with Gasteiger partial charge in [-0.2, -0.15) is 0 Å². The number of aryl methyl sites for hydroxylation is 1. The van der Waals surface area contributed by atoms with Crippen molar-refractivity contribution in [3.8, 4) is 5.75 Å². The average molecular weight is 299 g/mol. The van der Waals surface area contributed by atoms with Crippen LogP contribution in [0.5, 0.6) is 5.75 Å². The molecule has 0 amide bonds. The Morgan fingerprint density at radius 3 is 2.45 bits per heavy atom. The normalized spacial score (nSPS) is 13.6. The Hall–Kier alpha value is -1.84. The fraction of sp³-hybridized carbons (Fsp3) is 0.368. The second-order valence-electron chi connectivity index (χ2n) is 5.55. The topological polar surface area (TPSA) is 41.5 Å². The Morgan fingerprint density at radius 1 is 1.05 bits per heavy atom. The third-order valence-electron chi connectivity index (χ3n) is 3.92. The molecule has 3 nitrogen and oxygen atoms in total. The van der Waals surface area contributed by atoms with Crippen LogP contribution in [-0.4, -0.2) is 17.9 Å². The number of aliphatic hydroxyl groups is 1. The molecule has 0 saturated carbocycles. The minimum absolute atomic E-state index is 0.112. The highest BCUT2D eigenvalue weighted by atomic mass is 16.5. The number of benzene rings is 2. The fourth-order valence-corrected chi connectivity index (χ4v) is 2.31.